The minimum atomic E-state index is 0.126. The van der Waals surface area contributed by atoms with E-state index >= 15 is 0 Å². The Morgan fingerprint density at radius 3 is 2.49 bits per heavy atom. The van der Waals surface area contributed by atoms with Gasteiger partial charge in [-0.25, -0.2) is 4.68 Å². The molecule has 0 radical (unpaired) electrons. The minimum absolute atomic E-state index is 0.126. The zero-order valence-electron chi connectivity index (χ0n) is 19.8. The number of ether oxygens (including phenoxy) is 2. The van der Waals surface area contributed by atoms with Gasteiger partial charge in [-0.3, -0.25) is 0 Å². The van der Waals surface area contributed by atoms with Gasteiger partial charge in [-0.05, 0) is 55.0 Å². The first-order valence-corrected chi connectivity index (χ1v) is 12.0. The van der Waals surface area contributed by atoms with E-state index in [9.17, 15) is 10.5 Å². The monoisotopic (exact) mass is 529 g/mol. The Bertz CT molecular complexity index is 1550. The van der Waals surface area contributed by atoms with Crippen LogP contribution < -0.4 is 15.2 Å². The first-order valence-electron chi connectivity index (χ1n) is 11.2. The van der Waals surface area contributed by atoms with E-state index in [1.54, 1.807) is 42.5 Å². The summed E-state index contributed by atoms with van der Waals surface area (Å²) in [5.41, 5.74) is 8.83. The maximum Gasteiger partial charge on any atom is 0.161 e. The average molecular weight is 530 g/mol. The Kier molecular flexibility index (Phi) is 8.00. The van der Waals surface area contributed by atoms with Gasteiger partial charge in [0.25, 0.3) is 0 Å². The number of hydrogen-bond acceptors (Lipinski definition) is 6. The van der Waals surface area contributed by atoms with E-state index in [2.05, 4.69) is 17.2 Å². The maximum atomic E-state index is 9.92. The van der Waals surface area contributed by atoms with E-state index in [1.165, 1.54) is 4.68 Å². The van der Waals surface area contributed by atoms with E-state index in [0.29, 0.717) is 39.4 Å². The predicted octanol–water partition coefficient (Wildman–Crippen LogP) is 6.67. The number of halogens is 2. The van der Waals surface area contributed by atoms with Gasteiger partial charge in [0, 0.05) is 15.6 Å². The van der Waals surface area contributed by atoms with Crippen molar-refractivity contribution in [3.05, 3.63) is 99.2 Å². The fraction of sp³-hybridized carbons (Fsp3) is 0.107. The molecule has 4 aromatic rings. The highest BCUT2D eigenvalue weighted by molar-refractivity contribution is 6.35. The number of rotatable bonds is 8. The molecule has 2 N–H and O–H groups in total. The Balaban J connectivity index is 1.67. The molecule has 0 fully saturated rings. The second-order valence-electron chi connectivity index (χ2n) is 7.80. The van der Waals surface area contributed by atoms with Crippen molar-refractivity contribution in [1.82, 2.24) is 9.78 Å². The van der Waals surface area contributed by atoms with E-state index in [1.807, 2.05) is 37.3 Å². The lowest BCUT2D eigenvalue weighted by molar-refractivity contribution is 0.269. The molecule has 0 amide bonds. The molecule has 37 heavy (non-hydrogen) atoms. The summed E-state index contributed by atoms with van der Waals surface area (Å²) >= 11 is 12.2. The highest BCUT2D eigenvalue weighted by atomic mass is 35.5. The first kappa shape index (κ1) is 25.7. The number of anilines is 1. The zero-order valence-corrected chi connectivity index (χ0v) is 21.3. The molecule has 0 spiro atoms. The van der Waals surface area contributed by atoms with Gasteiger partial charge in [0.15, 0.2) is 11.5 Å². The number of nitrogens with two attached hydrogens (primary N) is 1. The molecule has 1 heterocycles. The van der Waals surface area contributed by atoms with E-state index in [4.69, 9.17) is 38.4 Å². The lowest BCUT2D eigenvalue weighted by atomic mass is 10.1. The van der Waals surface area contributed by atoms with Crippen molar-refractivity contribution < 1.29 is 9.47 Å². The van der Waals surface area contributed by atoms with Gasteiger partial charge in [0.2, 0.25) is 0 Å². The SMILES string of the molecule is CCOc1cc(/C=C(\C#N)c2nn(-c3ccccc3)c(N)c2C#N)ccc1OCc1ccc(Cl)cc1Cl. The molecule has 0 aliphatic heterocycles. The van der Waals surface area contributed by atoms with E-state index < -0.39 is 0 Å². The molecule has 3 aromatic carbocycles. The molecule has 0 atom stereocenters. The second-order valence-corrected chi connectivity index (χ2v) is 8.65. The fourth-order valence-electron chi connectivity index (χ4n) is 3.61. The van der Waals surface area contributed by atoms with Gasteiger partial charge in [0.05, 0.1) is 17.9 Å². The molecular formula is C28H21Cl2N5O2. The lowest BCUT2D eigenvalue weighted by Gasteiger charge is -2.13. The van der Waals surface area contributed by atoms with Crippen LogP contribution in [0.4, 0.5) is 5.82 Å². The van der Waals surface area contributed by atoms with Crippen LogP contribution in [0.2, 0.25) is 10.0 Å². The van der Waals surface area contributed by atoms with Crippen LogP contribution in [-0.4, -0.2) is 16.4 Å². The second kappa shape index (κ2) is 11.5. The quantitative estimate of drug-likeness (QED) is 0.255. The molecule has 0 unspecified atom stereocenters. The lowest BCUT2D eigenvalue weighted by Crippen LogP contribution is -2.02. The summed E-state index contributed by atoms with van der Waals surface area (Å²) in [4.78, 5) is 0. The van der Waals surface area contributed by atoms with Crippen LogP contribution >= 0.6 is 23.2 Å². The zero-order chi connectivity index (χ0) is 26.4. The van der Waals surface area contributed by atoms with Crippen molar-refractivity contribution in [1.29, 1.82) is 10.5 Å². The van der Waals surface area contributed by atoms with Gasteiger partial charge < -0.3 is 15.2 Å². The maximum absolute atomic E-state index is 9.92. The van der Waals surface area contributed by atoms with Gasteiger partial charge in [-0.2, -0.15) is 15.6 Å². The van der Waals surface area contributed by atoms with Crippen LogP contribution in [0.5, 0.6) is 11.5 Å². The van der Waals surface area contributed by atoms with Crippen LogP contribution in [0, 0.1) is 22.7 Å². The molecule has 0 aliphatic rings. The van der Waals surface area contributed by atoms with E-state index in [0.717, 1.165) is 5.56 Å². The number of aromatic nitrogens is 2. The number of allylic oxidation sites excluding steroid dienone is 1. The normalized spacial score (nSPS) is 11.0. The third-order valence-electron chi connectivity index (χ3n) is 5.39. The minimum Gasteiger partial charge on any atom is -0.490 e. The van der Waals surface area contributed by atoms with Gasteiger partial charge in [-0.1, -0.05) is 53.5 Å². The van der Waals surface area contributed by atoms with Crippen molar-refractivity contribution in [3.8, 4) is 29.3 Å². The topological polar surface area (TPSA) is 110 Å². The summed E-state index contributed by atoms with van der Waals surface area (Å²) < 4.78 is 13.2. The molecule has 0 saturated heterocycles. The summed E-state index contributed by atoms with van der Waals surface area (Å²) in [7, 11) is 0. The third kappa shape index (κ3) is 5.70. The number of nitrogens with zero attached hydrogens (tertiary/aromatic N) is 4. The van der Waals surface area contributed by atoms with Gasteiger partial charge in [-0.15, -0.1) is 0 Å². The van der Waals surface area contributed by atoms with Crippen molar-refractivity contribution in [2.75, 3.05) is 12.3 Å². The standard InChI is InChI=1S/C28H21Cl2N5O2/c1-2-36-26-13-18(8-11-25(26)37-17-19-9-10-21(29)14-24(19)30)12-20(15-31)27-23(16-32)28(33)35(34-27)22-6-4-3-5-7-22/h3-14H,2,17,33H2,1H3/b20-12+. The van der Waals surface area contributed by atoms with Crippen LogP contribution in [0.1, 0.15) is 29.3 Å². The van der Waals surface area contributed by atoms with Crippen molar-refractivity contribution in [2.24, 2.45) is 0 Å². The number of para-hydroxylation sites is 1. The molecule has 4 rings (SSSR count). The van der Waals surface area contributed by atoms with Gasteiger partial charge >= 0.3 is 0 Å². The molecule has 0 saturated carbocycles. The summed E-state index contributed by atoms with van der Waals surface area (Å²) in [6, 6.07) is 23.9. The van der Waals surface area contributed by atoms with Gasteiger partial charge in [0.1, 0.15) is 35.8 Å². The Morgan fingerprint density at radius 1 is 1.03 bits per heavy atom. The third-order valence-corrected chi connectivity index (χ3v) is 5.97. The average Bonchev–Trinajstić information content (AvgIpc) is 3.24. The number of nitrogen functional groups attached to an aromatic ring is 1. The predicted molar refractivity (Wildman–Crippen MR) is 145 cm³/mol. The van der Waals surface area contributed by atoms with Crippen LogP contribution in [0.15, 0.2) is 66.7 Å². The highest BCUT2D eigenvalue weighted by Crippen LogP contribution is 2.33. The Labute approximate surface area is 224 Å². The number of hydrogen-bond donors (Lipinski definition) is 1. The Hall–Kier alpha value is -4.43. The van der Waals surface area contributed by atoms with Crippen molar-refractivity contribution >= 4 is 40.7 Å². The van der Waals surface area contributed by atoms with Crippen molar-refractivity contribution in [3.63, 3.8) is 0 Å². The van der Waals surface area contributed by atoms with Crippen LogP contribution in [-0.2, 0) is 6.61 Å². The molecule has 0 bridgehead atoms. The van der Waals surface area contributed by atoms with Crippen LogP contribution in [0.3, 0.4) is 0 Å². The molecular weight excluding hydrogens is 509 g/mol. The number of nitriles is 2. The highest BCUT2D eigenvalue weighted by Gasteiger charge is 2.20. The summed E-state index contributed by atoms with van der Waals surface area (Å²) in [5.74, 6) is 1.16. The van der Waals surface area contributed by atoms with Crippen molar-refractivity contribution in [2.45, 2.75) is 13.5 Å². The largest absolute Gasteiger partial charge is 0.490 e. The molecule has 7 nitrogen and oxygen atoms in total. The smallest absolute Gasteiger partial charge is 0.161 e. The van der Waals surface area contributed by atoms with Crippen LogP contribution in [0.25, 0.3) is 17.3 Å². The summed E-state index contributed by atoms with van der Waals surface area (Å²) in [5, 5.41) is 25.2. The molecule has 1 aromatic heterocycles. The number of benzene rings is 3. The molecule has 0 aliphatic carbocycles. The molecule has 184 valence electrons. The molecule has 9 heteroatoms. The summed E-state index contributed by atoms with van der Waals surface area (Å²) in [6.45, 7) is 2.49. The summed E-state index contributed by atoms with van der Waals surface area (Å²) in [6.07, 6.45) is 1.63. The van der Waals surface area contributed by atoms with E-state index in [-0.39, 0.29) is 29.3 Å². The fourth-order valence-corrected chi connectivity index (χ4v) is 4.08. The Morgan fingerprint density at radius 2 is 1.81 bits per heavy atom. The first-order chi connectivity index (χ1) is 17.9.